The Morgan fingerprint density at radius 2 is 2.00 bits per heavy atom. The van der Waals surface area contributed by atoms with Gasteiger partial charge in [-0.25, -0.2) is 8.42 Å². The van der Waals surface area contributed by atoms with Crippen LogP contribution in [0.2, 0.25) is 0 Å². The molecule has 0 bridgehead atoms. The topological polar surface area (TPSA) is 73.8 Å². The van der Waals surface area contributed by atoms with E-state index in [2.05, 4.69) is 15.6 Å². The number of nitrogens with zero attached hydrogens (tertiary/aromatic N) is 2. The highest BCUT2D eigenvalue weighted by Crippen LogP contribution is 2.19. The average molecular weight is 372 g/mol. The quantitative estimate of drug-likeness (QED) is 0.562. The maximum absolute atomic E-state index is 12.2. The number of alkyl halides is 3. The zero-order chi connectivity index (χ0) is 17.5. The van der Waals surface area contributed by atoms with Crippen LogP contribution < -0.4 is 10.6 Å². The zero-order valence-electron chi connectivity index (χ0n) is 12.7. The monoisotopic (exact) mass is 372 g/mol. The number of nitrogens with one attached hydrogen (secondary N) is 2. The predicted molar refractivity (Wildman–Crippen MR) is 84.2 cm³/mol. The van der Waals surface area contributed by atoms with E-state index in [0.717, 1.165) is 11.3 Å². The number of hydrogen-bond acceptors (Lipinski definition) is 4. The number of hydrogen-bond donors (Lipinski definition) is 2. The Kier molecular flexibility index (Phi) is 7.29. The molecule has 0 saturated carbocycles. The summed E-state index contributed by atoms with van der Waals surface area (Å²) in [6.45, 7) is 0.0690. The van der Waals surface area contributed by atoms with Gasteiger partial charge in [0.1, 0.15) is 4.21 Å². The predicted octanol–water partition coefficient (Wildman–Crippen LogP) is 1.49. The largest absolute Gasteiger partial charge is 0.390 e. The van der Waals surface area contributed by atoms with E-state index >= 15 is 0 Å². The fourth-order valence-corrected chi connectivity index (χ4v) is 3.93. The lowest BCUT2D eigenvalue weighted by Gasteiger charge is -2.18. The Balaban J connectivity index is 2.40. The third-order valence-corrected chi connectivity index (χ3v) is 6.03. The molecule has 0 amide bonds. The van der Waals surface area contributed by atoms with Gasteiger partial charge in [-0.05, 0) is 11.4 Å². The number of thiophene rings is 1. The second kappa shape index (κ2) is 8.50. The summed E-state index contributed by atoms with van der Waals surface area (Å²) in [5.41, 5.74) is 0. The van der Waals surface area contributed by atoms with Gasteiger partial charge < -0.3 is 10.6 Å². The fraction of sp³-hybridized carbons (Fsp3) is 0.583. The second-order valence-corrected chi connectivity index (χ2v) is 7.77. The number of sulfonamides is 1. The number of halogens is 3. The van der Waals surface area contributed by atoms with Gasteiger partial charge in [-0.1, -0.05) is 6.07 Å². The highest BCUT2D eigenvalue weighted by atomic mass is 32.2. The lowest BCUT2D eigenvalue weighted by molar-refractivity contribution is -0.132. The van der Waals surface area contributed by atoms with E-state index in [0.29, 0.717) is 0 Å². The van der Waals surface area contributed by atoms with Gasteiger partial charge >= 0.3 is 6.18 Å². The van der Waals surface area contributed by atoms with Crippen molar-refractivity contribution in [3.63, 3.8) is 0 Å². The molecule has 0 aromatic carbocycles. The van der Waals surface area contributed by atoms with E-state index < -0.39 is 22.6 Å². The van der Waals surface area contributed by atoms with Crippen LogP contribution in [-0.2, 0) is 10.0 Å². The van der Waals surface area contributed by atoms with Crippen molar-refractivity contribution in [2.75, 3.05) is 33.7 Å². The van der Waals surface area contributed by atoms with Crippen molar-refractivity contribution in [1.82, 2.24) is 14.9 Å². The fourth-order valence-electron chi connectivity index (χ4n) is 1.56. The number of aliphatic imine (C=N–C) groups is 1. The van der Waals surface area contributed by atoms with Gasteiger partial charge in [0.25, 0.3) is 10.0 Å². The van der Waals surface area contributed by atoms with E-state index in [-0.39, 0.29) is 29.8 Å². The molecule has 0 aliphatic carbocycles. The first-order valence-electron chi connectivity index (χ1n) is 6.68. The molecular weight excluding hydrogens is 353 g/mol. The zero-order valence-corrected chi connectivity index (χ0v) is 14.4. The van der Waals surface area contributed by atoms with Crippen LogP contribution in [0.4, 0.5) is 13.2 Å². The molecule has 132 valence electrons. The van der Waals surface area contributed by atoms with Crippen LogP contribution in [0.25, 0.3) is 0 Å². The molecule has 23 heavy (non-hydrogen) atoms. The number of likely N-dealkylation sites (N-methyl/N-ethyl adjacent to an activating group) is 1. The van der Waals surface area contributed by atoms with Gasteiger partial charge in [-0.3, -0.25) is 4.99 Å². The molecule has 1 heterocycles. The summed E-state index contributed by atoms with van der Waals surface area (Å²) in [4.78, 5) is 3.78. The van der Waals surface area contributed by atoms with Crippen molar-refractivity contribution in [1.29, 1.82) is 0 Å². The molecule has 1 aromatic rings. The van der Waals surface area contributed by atoms with Crippen molar-refractivity contribution < 1.29 is 21.6 Å². The highest BCUT2D eigenvalue weighted by molar-refractivity contribution is 7.91. The Hall–Kier alpha value is -1.33. The Labute approximate surface area is 137 Å². The summed E-state index contributed by atoms with van der Waals surface area (Å²) in [7, 11) is -0.667. The van der Waals surface area contributed by atoms with Crippen LogP contribution in [0.15, 0.2) is 26.7 Å². The maximum Gasteiger partial charge on any atom is 0.390 e. The minimum absolute atomic E-state index is 0.153. The van der Waals surface area contributed by atoms with E-state index in [1.165, 1.54) is 24.5 Å². The van der Waals surface area contributed by atoms with E-state index in [1.54, 1.807) is 11.4 Å². The van der Waals surface area contributed by atoms with Gasteiger partial charge in [0, 0.05) is 33.7 Å². The molecule has 0 radical (unpaired) electrons. The van der Waals surface area contributed by atoms with Gasteiger partial charge in [0.2, 0.25) is 0 Å². The molecule has 2 N–H and O–H groups in total. The Morgan fingerprint density at radius 1 is 1.35 bits per heavy atom. The standard InChI is InChI=1S/C12H19F3N4O2S2/c1-16-11(17-6-5-12(13,14)15)18-7-8-19(2)23(20,21)10-4-3-9-22-10/h3-4,9H,5-8H2,1-2H3,(H2,16,17,18). The minimum atomic E-state index is -4.24. The first kappa shape index (κ1) is 19.7. The molecule has 1 rings (SSSR count). The second-order valence-electron chi connectivity index (χ2n) is 4.55. The van der Waals surface area contributed by atoms with Crippen LogP contribution in [0, 0.1) is 0 Å². The summed E-state index contributed by atoms with van der Waals surface area (Å²) in [6.07, 6.45) is -5.21. The Morgan fingerprint density at radius 3 is 2.52 bits per heavy atom. The van der Waals surface area contributed by atoms with Crippen LogP contribution >= 0.6 is 11.3 Å². The first-order chi connectivity index (χ1) is 10.7. The molecular formula is C12H19F3N4O2S2. The van der Waals surface area contributed by atoms with E-state index in [1.807, 2.05) is 0 Å². The van der Waals surface area contributed by atoms with Crippen molar-refractivity contribution in [3.8, 4) is 0 Å². The van der Waals surface area contributed by atoms with Crippen LogP contribution in [-0.4, -0.2) is 58.6 Å². The maximum atomic E-state index is 12.2. The number of rotatable bonds is 7. The van der Waals surface area contributed by atoms with Gasteiger partial charge in [-0.15, -0.1) is 11.3 Å². The summed E-state index contributed by atoms with van der Waals surface area (Å²) >= 11 is 1.12. The summed E-state index contributed by atoms with van der Waals surface area (Å²) in [5, 5.41) is 6.96. The van der Waals surface area contributed by atoms with Gasteiger partial charge in [-0.2, -0.15) is 17.5 Å². The van der Waals surface area contributed by atoms with Gasteiger partial charge in [0.05, 0.1) is 6.42 Å². The lowest BCUT2D eigenvalue weighted by atomic mass is 10.4. The number of guanidine groups is 1. The smallest absolute Gasteiger partial charge is 0.356 e. The summed E-state index contributed by atoms with van der Waals surface area (Å²) < 4.78 is 61.9. The molecule has 6 nitrogen and oxygen atoms in total. The molecule has 0 saturated heterocycles. The third-order valence-electron chi connectivity index (χ3n) is 2.80. The third kappa shape index (κ3) is 6.75. The first-order valence-corrected chi connectivity index (χ1v) is 9.00. The summed E-state index contributed by atoms with van der Waals surface area (Å²) in [6, 6.07) is 3.16. The summed E-state index contributed by atoms with van der Waals surface area (Å²) in [5.74, 6) is 0.191. The molecule has 11 heteroatoms. The molecule has 0 spiro atoms. The molecule has 0 unspecified atom stereocenters. The van der Waals surface area contributed by atoms with Crippen molar-refractivity contribution >= 4 is 27.3 Å². The normalized spacial score (nSPS) is 13.4. The van der Waals surface area contributed by atoms with E-state index in [9.17, 15) is 21.6 Å². The average Bonchev–Trinajstić information content (AvgIpc) is 2.99. The molecule has 0 aliphatic heterocycles. The lowest BCUT2D eigenvalue weighted by Crippen LogP contribution is -2.42. The van der Waals surface area contributed by atoms with Crippen molar-refractivity contribution in [2.24, 2.45) is 4.99 Å². The van der Waals surface area contributed by atoms with Gasteiger partial charge in [0.15, 0.2) is 5.96 Å². The molecule has 0 fully saturated rings. The Bertz CT molecular complexity index is 600. The van der Waals surface area contributed by atoms with Crippen molar-refractivity contribution in [2.45, 2.75) is 16.8 Å². The van der Waals surface area contributed by atoms with Crippen LogP contribution in [0.3, 0.4) is 0 Å². The van der Waals surface area contributed by atoms with E-state index in [4.69, 9.17) is 0 Å². The van der Waals surface area contributed by atoms with Crippen molar-refractivity contribution in [3.05, 3.63) is 17.5 Å². The SMILES string of the molecule is CN=C(NCCN(C)S(=O)(=O)c1cccs1)NCCC(F)(F)F. The molecule has 0 aliphatic rings. The van der Waals surface area contributed by atoms with Crippen LogP contribution in [0.1, 0.15) is 6.42 Å². The minimum Gasteiger partial charge on any atom is -0.356 e. The highest BCUT2D eigenvalue weighted by Gasteiger charge is 2.26. The molecule has 0 atom stereocenters. The van der Waals surface area contributed by atoms with Crippen LogP contribution in [0.5, 0.6) is 0 Å². The molecule has 1 aromatic heterocycles.